The lowest BCUT2D eigenvalue weighted by Gasteiger charge is -2.60. The Balaban J connectivity index is 1.70. The third kappa shape index (κ3) is 1.60. The molecule has 110 valence electrons. The third-order valence-electron chi connectivity index (χ3n) is 7.86. The van der Waals surface area contributed by atoms with Crippen LogP contribution in [0.5, 0.6) is 0 Å². The predicted octanol–water partition coefficient (Wildman–Crippen LogP) is 5.75. The summed E-state index contributed by atoms with van der Waals surface area (Å²) < 4.78 is 0. The molecule has 0 amide bonds. The minimum absolute atomic E-state index is 0.513. The van der Waals surface area contributed by atoms with E-state index in [2.05, 4.69) is 32.6 Å². The fourth-order valence-electron chi connectivity index (χ4n) is 6.79. The zero-order valence-corrected chi connectivity index (χ0v) is 13.3. The van der Waals surface area contributed by atoms with Gasteiger partial charge in [0.2, 0.25) is 0 Å². The van der Waals surface area contributed by atoms with Crippen molar-refractivity contribution in [2.75, 3.05) is 0 Å². The van der Waals surface area contributed by atoms with E-state index in [-0.39, 0.29) is 0 Å². The van der Waals surface area contributed by atoms with Gasteiger partial charge in [-0.15, -0.1) is 0 Å². The van der Waals surface area contributed by atoms with Gasteiger partial charge in [-0.25, -0.2) is 0 Å². The van der Waals surface area contributed by atoms with Gasteiger partial charge in [0.05, 0.1) is 0 Å². The standard InChI is InChI=1S/C20H30/c1-14-13-15-17-8-6-10-19(17,2)12-9-18(15)20(3)11-5-4-7-16(14)20/h6,10,15-18H,1,4-5,7-9,11-13H2,2-3H3/t15-,16?,17-,18-,19-,20-/m0/s1. The molecule has 0 aromatic heterocycles. The van der Waals surface area contributed by atoms with Crippen LogP contribution in [0, 0.1) is 34.5 Å². The number of hydrogen-bond acceptors (Lipinski definition) is 0. The van der Waals surface area contributed by atoms with Crippen LogP contribution in [0.15, 0.2) is 24.3 Å². The van der Waals surface area contributed by atoms with Crippen molar-refractivity contribution in [3.63, 3.8) is 0 Å². The Hall–Kier alpha value is -0.520. The molecule has 4 rings (SSSR count). The average molecular weight is 270 g/mol. The Kier molecular flexibility index (Phi) is 2.79. The molecule has 0 radical (unpaired) electrons. The lowest BCUT2D eigenvalue weighted by Crippen LogP contribution is -2.52. The molecule has 3 saturated carbocycles. The maximum Gasteiger partial charge on any atom is -0.0112 e. The van der Waals surface area contributed by atoms with Gasteiger partial charge >= 0.3 is 0 Å². The molecular weight excluding hydrogens is 240 g/mol. The van der Waals surface area contributed by atoms with Crippen molar-refractivity contribution < 1.29 is 0 Å². The quantitative estimate of drug-likeness (QED) is 0.491. The van der Waals surface area contributed by atoms with E-state index in [1.807, 2.05) is 0 Å². The highest BCUT2D eigenvalue weighted by Crippen LogP contribution is 2.65. The zero-order valence-electron chi connectivity index (χ0n) is 13.3. The SMILES string of the molecule is C=C1C[C@H]2[C@@H]3CC=C[C@@]3(C)CC[C@@H]2[C@@]2(C)CCCCC12. The van der Waals surface area contributed by atoms with E-state index in [9.17, 15) is 0 Å². The second-order valence-corrected chi connectivity index (χ2v) is 8.73. The van der Waals surface area contributed by atoms with Gasteiger partial charge in [-0.05, 0) is 73.0 Å². The number of allylic oxidation sites excluding steroid dienone is 3. The Bertz CT molecular complexity index is 459. The lowest BCUT2D eigenvalue weighted by molar-refractivity contribution is -0.0727. The molecule has 20 heavy (non-hydrogen) atoms. The molecule has 0 heterocycles. The summed E-state index contributed by atoms with van der Waals surface area (Å²) >= 11 is 0. The summed E-state index contributed by atoms with van der Waals surface area (Å²) in [4.78, 5) is 0. The van der Waals surface area contributed by atoms with Crippen LogP contribution in [-0.4, -0.2) is 0 Å². The number of fused-ring (bicyclic) bond motifs is 5. The fourth-order valence-corrected chi connectivity index (χ4v) is 6.79. The smallest absolute Gasteiger partial charge is 0.0112 e. The van der Waals surface area contributed by atoms with Gasteiger partial charge in [-0.3, -0.25) is 0 Å². The van der Waals surface area contributed by atoms with Gasteiger partial charge in [0.25, 0.3) is 0 Å². The van der Waals surface area contributed by atoms with Crippen LogP contribution in [0.3, 0.4) is 0 Å². The van der Waals surface area contributed by atoms with E-state index in [1.54, 1.807) is 5.57 Å². The van der Waals surface area contributed by atoms with Gasteiger partial charge in [-0.1, -0.05) is 51.0 Å². The summed E-state index contributed by atoms with van der Waals surface area (Å²) in [7, 11) is 0. The molecule has 0 N–H and O–H groups in total. The van der Waals surface area contributed by atoms with E-state index in [1.165, 1.54) is 51.4 Å². The highest BCUT2D eigenvalue weighted by Gasteiger charge is 2.57. The molecule has 4 aliphatic rings. The molecule has 3 fully saturated rings. The van der Waals surface area contributed by atoms with Crippen LogP contribution >= 0.6 is 0 Å². The van der Waals surface area contributed by atoms with Crippen molar-refractivity contribution >= 4 is 0 Å². The van der Waals surface area contributed by atoms with Crippen LogP contribution in [0.4, 0.5) is 0 Å². The lowest BCUT2D eigenvalue weighted by atomic mass is 9.44. The first-order valence-electron chi connectivity index (χ1n) is 8.90. The monoisotopic (exact) mass is 270 g/mol. The summed E-state index contributed by atoms with van der Waals surface area (Å²) in [6.07, 6.45) is 16.4. The highest BCUT2D eigenvalue weighted by atomic mass is 14.6. The fraction of sp³-hybridized carbons (Fsp3) is 0.800. The largest absolute Gasteiger partial charge is 0.0995 e. The molecular formula is C20H30. The first-order valence-corrected chi connectivity index (χ1v) is 8.90. The van der Waals surface area contributed by atoms with Crippen molar-refractivity contribution in [2.45, 2.75) is 65.2 Å². The van der Waals surface area contributed by atoms with Crippen molar-refractivity contribution in [1.82, 2.24) is 0 Å². The topological polar surface area (TPSA) is 0 Å². The van der Waals surface area contributed by atoms with Crippen LogP contribution in [0.2, 0.25) is 0 Å². The Morgan fingerprint density at radius 2 is 1.95 bits per heavy atom. The molecule has 0 aromatic carbocycles. The summed E-state index contributed by atoms with van der Waals surface area (Å²) in [6, 6.07) is 0. The normalized spacial score (nSPS) is 54.2. The molecule has 0 aromatic rings. The van der Waals surface area contributed by atoms with Crippen LogP contribution in [0.25, 0.3) is 0 Å². The van der Waals surface area contributed by atoms with Crippen LogP contribution in [0.1, 0.15) is 65.2 Å². The van der Waals surface area contributed by atoms with E-state index in [0.717, 1.165) is 23.7 Å². The Morgan fingerprint density at radius 3 is 2.80 bits per heavy atom. The maximum absolute atomic E-state index is 4.55. The van der Waals surface area contributed by atoms with E-state index < -0.39 is 0 Å². The molecule has 1 unspecified atom stereocenters. The van der Waals surface area contributed by atoms with E-state index >= 15 is 0 Å². The van der Waals surface area contributed by atoms with Gasteiger partial charge in [-0.2, -0.15) is 0 Å². The van der Waals surface area contributed by atoms with Crippen molar-refractivity contribution in [3.05, 3.63) is 24.3 Å². The number of hydrogen-bond donors (Lipinski definition) is 0. The van der Waals surface area contributed by atoms with Crippen LogP contribution in [-0.2, 0) is 0 Å². The third-order valence-corrected chi connectivity index (χ3v) is 7.86. The van der Waals surface area contributed by atoms with Gasteiger partial charge in [0, 0.05) is 0 Å². The van der Waals surface area contributed by atoms with Gasteiger partial charge in [0.1, 0.15) is 0 Å². The second kappa shape index (κ2) is 4.24. The van der Waals surface area contributed by atoms with E-state index in [4.69, 9.17) is 0 Å². The first-order chi connectivity index (χ1) is 9.55. The summed E-state index contributed by atoms with van der Waals surface area (Å²) in [5.41, 5.74) is 2.71. The Labute approximate surface area is 124 Å². The minimum Gasteiger partial charge on any atom is -0.0995 e. The second-order valence-electron chi connectivity index (χ2n) is 8.73. The van der Waals surface area contributed by atoms with Crippen molar-refractivity contribution in [1.29, 1.82) is 0 Å². The first kappa shape index (κ1) is 13.2. The molecule has 0 bridgehead atoms. The van der Waals surface area contributed by atoms with Gasteiger partial charge < -0.3 is 0 Å². The molecule has 6 atom stereocenters. The maximum atomic E-state index is 4.55. The zero-order chi connectivity index (χ0) is 14.0. The molecule has 0 aliphatic heterocycles. The summed E-state index contributed by atoms with van der Waals surface area (Å²) in [6.45, 7) is 9.70. The minimum atomic E-state index is 0.513. The molecule has 0 spiro atoms. The van der Waals surface area contributed by atoms with Gasteiger partial charge in [0.15, 0.2) is 0 Å². The van der Waals surface area contributed by atoms with E-state index in [0.29, 0.717) is 10.8 Å². The molecule has 4 aliphatic carbocycles. The predicted molar refractivity (Wildman–Crippen MR) is 85.4 cm³/mol. The average Bonchev–Trinajstić information content (AvgIpc) is 2.81. The molecule has 0 nitrogen and oxygen atoms in total. The molecule has 0 saturated heterocycles. The Morgan fingerprint density at radius 1 is 1.10 bits per heavy atom. The highest BCUT2D eigenvalue weighted by molar-refractivity contribution is 5.22. The summed E-state index contributed by atoms with van der Waals surface area (Å²) in [5.74, 6) is 3.67. The van der Waals surface area contributed by atoms with Crippen molar-refractivity contribution in [2.24, 2.45) is 34.5 Å². The number of rotatable bonds is 0. The van der Waals surface area contributed by atoms with Crippen molar-refractivity contribution in [3.8, 4) is 0 Å². The summed E-state index contributed by atoms with van der Waals surface area (Å²) in [5, 5.41) is 0. The van der Waals surface area contributed by atoms with Crippen LogP contribution < -0.4 is 0 Å². The molecule has 0 heteroatoms.